The second kappa shape index (κ2) is 6.95. The van der Waals surface area contributed by atoms with Crippen LogP contribution in [0.5, 0.6) is 0 Å². The summed E-state index contributed by atoms with van der Waals surface area (Å²) < 4.78 is 45.9. The fourth-order valence-corrected chi connectivity index (χ4v) is 3.67. The number of carbonyl (C=O) groups excluding carboxylic acids is 1. The highest BCUT2D eigenvalue weighted by molar-refractivity contribution is 6.12. The molecule has 3 aromatic carbocycles. The summed E-state index contributed by atoms with van der Waals surface area (Å²) in [5.74, 6) is -0.404. The Morgan fingerprint density at radius 1 is 1.00 bits per heavy atom. The number of hydrogen-bond acceptors (Lipinski definition) is 2. The molecule has 0 aliphatic rings. The van der Waals surface area contributed by atoms with E-state index in [0.717, 1.165) is 39.5 Å². The van der Waals surface area contributed by atoms with E-state index in [9.17, 15) is 18.0 Å². The van der Waals surface area contributed by atoms with E-state index < -0.39 is 17.7 Å². The minimum Gasteiger partial charge on any atom is -0.462 e. The van der Waals surface area contributed by atoms with Crippen LogP contribution in [0.3, 0.4) is 0 Å². The molecule has 29 heavy (non-hydrogen) atoms. The third-order valence-electron chi connectivity index (χ3n) is 4.96. The van der Waals surface area contributed by atoms with Crippen molar-refractivity contribution in [3.05, 3.63) is 77.4 Å². The molecule has 0 N–H and O–H groups in total. The molecule has 0 saturated heterocycles. The molecule has 6 heteroatoms. The van der Waals surface area contributed by atoms with Gasteiger partial charge in [0.05, 0.1) is 28.8 Å². The Morgan fingerprint density at radius 2 is 1.72 bits per heavy atom. The van der Waals surface area contributed by atoms with E-state index in [2.05, 4.69) is 0 Å². The summed E-state index contributed by atoms with van der Waals surface area (Å²) in [4.78, 5) is 12.2. The zero-order valence-electron chi connectivity index (χ0n) is 15.9. The van der Waals surface area contributed by atoms with Gasteiger partial charge >= 0.3 is 12.1 Å². The van der Waals surface area contributed by atoms with Crippen LogP contribution in [0.15, 0.2) is 60.7 Å². The molecule has 1 heterocycles. The lowest BCUT2D eigenvalue weighted by atomic mass is 10.1. The van der Waals surface area contributed by atoms with Crippen LogP contribution in [-0.2, 0) is 10.9 Å². The number of aryl methyl sites for hydroxylation is 1. The van der Waals surface area contributed by atoms with Crippen LogP contribution in [0.2, 0.25) is 0 Å². The molecule has 4 rings (SSSR count). The van der Waals surface area contributed by atoms with Gasteiger partial charge in [-0.25, -0.2) is 4.79 Å². The Kier molecular flexibility index (Phi) is 4.57. The van der Waals surface area contributed by atoms with Crippen LogP contribution in [0.25, 0.3) is 27.5 Å². The van der Waals surface area contributed by atoms with Crippen molar-refractivity contribution in [3.63, 3.8) is 0 Å². The summed E-state index contributed by atoms with van der Waals surface area (Å²) in [6, 6.07) is 16.1. The number of hydrogen-bond donors (Lipinski definition) is 0. The van der Waals surface area contributed by atoms with Crippen molar-refractivity contribution in [1.29, 1.82) is 0 Å². The van der Waals surface area contributed by atoms with Crippen molar-refractivity contribution < 1.29 is 22.7 Å². The number of alkyl halides is 3. The molecule has 0 bridgehead atoms. The number of nitrogens with zero attached hydrogens (tertiary/aromatic N) is 1. The van der Waals surface area contributed by atoms with Crippen molar-refractivity contribution in [2.75, 3.05) is 6.61 Å². The van der Waals surface area contributed by atoms with Gasteiger partial charge in [-0.05, 0) is 67.9 Å². The molecule has 3 nitrogen and oxygen atoms in total. The standard InChI is InChI=1S/C23H18F3NO2/c1-3-29-22(28)15-7-12-19-18(13-15)21-14(2)5-4-6-20(21)27(19)17-10-8-16(9-11-17)23(24,25)26/h4-13H,3H2,1-2H3. The molecule has 0 atom stereocenters. The number of carbonyl (C=O) groups is 1. The first-order chi connectivity index (χ1) is 13.8. The minimum absolute atomic E-state index is 0.281. The van der Waals surface area contributed by atoms with Crippen molar-refractivity contribution >= 4 is 27.8 Å². The highest BCUT2D eigenvalue weighted by atomic mass is 19.4. The van der Waals surface area contributed by atoms with Gasteiger partial charge in [-0.2, -0.15) is 13.2 Å². The highest BCUT2D eigenvalue weighted by Crippen LogP contribution is 2.36. The molecule has 4 aromatic rings. The molecule has 0 unspecified atom stereocenters. The third kappa shape index (κ3) is 3.24. The second-order valence-corrected chi connectivity index (χ2v) is 6.80. The molecule has 0 aliphatic carbocycles. The van der Waals surface area contributed by atoms with E-state index >= 15 is 0 Å². The molecule has 1 aromatic heterocycles. The molecular weight excluding hydrogens is 379 g/mol. The van der Waals surface area contributed by atoms with Gasteiger partial charge in [-0.15, -0.1) is 0 Å². The second-order valence-electron chi connectivity index (χ2n) is 6.80. The van der Waals surface area contributed by atoms with Gasteiger partial charge in [0, 0.05) is 16.5 Å². The lowest BCUT2D eigenvalue weighted by Gasteiger charge is -2.11. The third-order valence-corrected chi connectivity index (χ3v) is 4.96. The predicted molar refractivity (Wildman–Crippen MR) is 106 cm³/mol. The summed E-state index contributed by atoms with van der Waals surface area (Å²) in [6.45, 7) is 4.00. The number of benzene rings is 3. The van der Waals surface area contributed by atoms with Gasteiger partial charge < -0.3 is 9.30 Å². The first-order valence-electron chi connectivity index (χ1n) is 9.20. The predicted octanol–water partition coefficient (Wildman–Crippen LogP) is 6.29. The minimum atomic E-state index is -4.38. The van der Waals surface area contributed by atoms with E-state index in [1.165, 1.54) is 12.1 Å². The molecular formula is C23H18F3NO2. The molecule has 0 radical (unpaired) electrons. The summed E-state index contributed by atoms with van der Waals surface area (Å²) in [5.41, 5.74) is 3.05. The SMILES string of the molecule is CCOC(=O)c1ccc2c(c1)c1c(C)cccc1n2-c1ccc(C(F)(F)F)cc1. The zero-order valence-corrected chi connectivity index (χ0v) is 15.9. The number of rotatable bonds is 3. The Bertz CT molecular complexity index is 1220. The lowest BCUT2D eigenvalue weighted by Crippen LogP contribution is -2.05. The zero-order chi connectivity index (χ0) is 20.8. The molecule has 148 valence electrons. The monoisotopic (exact) mass is 397 g/mol. The largest absolute Gasteiger partial charge is 0.462 e. The smallest absolute Gasteiger partial charge is 0.416 e. The van der Waals surface area contributed by atoms with Crippen LogP contribution in [0.4, 0.5) is 13.2 Å². The number of fused-ring (bicyclic) bond motifs is 3. The van der Waals surface area contributed by atoms with Gasteiger partial charge in [0.25, 0.3) is 0 Å². The van der Waals surface area contributed by atoms with E-state index in [1.54, 1.807) is 25.1 Å². The Morgan fingerprint density at radius 3 is 2.38 bits per heavy atom. The van der Waals surface area contributed by atoms with Crippen molar-refractivity contribution in [2.45, 2.75) is 20.0 Å². The van der Waals surface area contributed by atoms with Crippen LogP contribution in [-0.4, -0.2) is 17.1 Å². The summed E-state index contributed by atoms with van der Waals surface area (Å²) in [5, 5.41) is 1.80. The van der Waals surface area contributed by atoms with Gasteiger partial charge in [0.15, 0.2) is 0 Å². The Labute approximate surface area is 165 Å². The number of esters is 1. The Balaban J connectivity index is 1.98. The quantitative estimate of drug-likeness (QED) is 0.381. The van der Waals surface area contributed by atoms with Crippen molar-refractivity contribution in [1.82, 2.24) is 4.57 Å². The molecule has 0 aliphatic heterocycles. The first kappa shape index (κ1) is 19.1. The van der Waals surface area contributed by atoms with Gasteiger partial charge in [-0.3, -0.25) is 0 Å². The summed E-state index contributed by atoms with van der Waals surface area (Å²) in [7, 11) is 0. The summed E-state index contributed by atoms with van der Waals surface area (Å²) in [6.07, 6.45) is -4.38. The van der Waals surface area contributed by atoms with E-state index in [4.69, 9.17) is 4.74 Å². The average Bonchev–Trinajstić information content (AvgIpc) is 3.02. The van der Waals surface area contributed by atoms with Gasteiger partial charge in [0.1, 0.15) is 0 Å². The van der Waals surface area contributed by atoms with Crippen LogP contribution >= 0.6 is 0 Å². The number of aromatic nitrogens is 1. The maximum atomic E-state index is 13.0. The van der Waals surface area contributed by atoms with E-state index in [1.807, 2.05) is 29.7 Å². The van der Waals surface area contributed by atoms with Gasteiger partial charge in [0.2, 0.25) is 0 Å². The molecule has 0 amide bonds. The maximum Gasteiger partial charge on any atom is 0.416 e. The molecule has 0 spiro atoms. The number of halogens is 3. The average molecular weight is 397 g/mol. The number of ether oxygens (including phenoxy) is 1. The molecule has 0 saturated carbocycles. The van der Waals surface area contributed by atoms with Crippen molar-refractivity contribution in [2.24, 2.45) is 0 Å². The van der Waals surface area contributed by atoms with Crippen molar-refractivity contribution in [3.8, 4) is 5.69 Å². The van der Waals surface area contributed by atoms with Crippen LogP contribution in [0.1, 0.15) is 28.4 Å². The van der Waals surface area contributed by atoms with Gasteiger partial charge in [-0.1, -0.05) is 12.1 Å². The normalized spacial score (nSPS) is 11.9. The van der Waals surface area contributed by atoms with E-state index in [0.29, 0.717) is 11.3 Å². The van der Waals surface area contributed by atoms with E-state index in [-0.39, 0.29) is 6.61 Å². The Hall–Kier alpha value is -3.28. The van der Waals surface area contributed by atoms with Crippen LogP contribution < -0.4 is 0 Å². The maximum absolute atomic E-state index is 13.0. The topological polar surface area (TPSA) is 31.2 Å². The fourth-order valence-electron chi connectivity index (χ4n) is 3.67. The lowest BCUT2D eigenvalue weighted by molar-refractivity contribution is -0.137. The highest BCUT2D eigenvalue weighted by Gasteiger charge is 2.30. The van der Waals surface area contributed by atoms with Crippen LogP contribution in [0, 0.1) is 6.92 Å². The summed E-state index contributed by atoms with van der Waals surface area (Å²) >= 11 is 0. The fraction of sp³-hybridized carbons (Fsp3) is 0.174. The molecule has 0 fully saturated rings. The first-order valence-corrected chi connectivity index (χ1v) is 9.20.